The van der Waals surface area contributed by atoms with Gasteiger partial charge in [0.2, 0.25) is 5.91 Å². The molecule has 1 aliphatic heterocycles. The summed E-state index contributed by atoms with van der Waals surface area (Å²) in [5.41, 5.74) is 1.88. The molecule has 0 unspecified atom stereocenters. The summed E-state index contributed by atoms with van der Waals surface area (Å²) in [4.78, 5) is 16.6. The predicted octanol–water partition coefficient (Wildman–Crippen LogP) is 2.06. The van der Waals surface area contributed by atoms with Crippen LogP contribution in [-0.4, -0.2) is 66.7 Å². The third kappa shape index (κ3) is 7.10. The first-order valence-electron chi connectivity index (χ1n) is 9.65. The molecular formula is C20H26F2N4O3. The summed E-state index contributed by atoms with van der Waals surface area (Å²) in [5.74, 6) is 0.932. The second-order valence-corrected chi connectivity index (χ2v) is 7.10. The van der Waals surface area contributed by atoms with E-state index in [1.54, 1.807) is 12.1 Å². The molecule has 158 valence electrons. The van der Waals surface area contributed by atoms with Gasteiger partial charge in [-0.05, 0) is 31.0 Å². The van der Waals surface area contributed by atoms with Crippen LogP contribution in [-0.2, 0) is 17.8 Å². The fourth-order valence-electron chi connectivity index (χ4n) is 3.27. The smallest absolute Gasteiger partial charge is 0.387 e. The first kappa shape index (κ1) is 21.2. The third-order valence-corrected chi connectivity index (χ3v) is 4.78. The van der Waals surface area contributed by atoms with E-state index in [-0.39, 0.29) is 11.7 Å². The molecule has 9 heteroatoms. The summed E-state index contributed by atoms with van der Waals surface area (Å²) in [7, 11) is 0. The summed E-state index contributed by atoms with van der Waals surface area (Å²) in [5, 5.41) is 6.93. The lowest BCUT2D eigenvalue weighted by molar-refractivity contribution is -0.122. The Kier molecular flexibility index (Phi) is 7.54. The maximum absolute atomic E-state index is 12.2. The van der Waals surface area contributed by atoms with E-state index in [0.717, 1.165) is 49.7 Å². The Hall–Kier alpha value is -2.52. The first-order chi connectivity index (χ1) is 14.0. The number of aromatic nitrogens is 1. The first-order valence-corrected chi connectivity index (χ1v) is 9.65. The topological polar surface area (TPSA) is 70.8 Å². The third-order valence-electron chi connectivity index (χ3n) is 4.78. The molecule has 0 bridgehead atoms. The quantitative estimate of drug-likeness (QED) is 0.685. The highest BCUT2D eigenvalue weighted by molar-refractivity contribution is 5.78. The standard InChI is InChI=1S/C20H26F2N4O3/c1-15-12-17(24-29-15)13-25-8-10-26(11-9-25)14-19(27)23-7-6-16-2-4-18(5-3-16)28-20(21)22/h2-5,12,20H,6-11,13-14H2,1H3,(H,23,27). The van der Waals surface area contributed by atoms with Gasteiger partial charge in [0.25, 0.3) is 0 Å². The van der Waals surface area contributed by atoms with E-state index in [0.29, 0.717) is 19.5 Å². The van der Waals surface area contributed by atoms with E-state index >= 15 is 0 Å². The van der Waals surface area contributed by atoms with E-state index in [2.05, 4.69) is 25.0 Å². The highest BCUT2D eigenvalue weighted by atomic mass is 19.3. The van der Waals surface area contributed by atoms with Crippen molar-refractivity contribution in [2.24, 2.45) is 0 Å². The molecule has 1 fully saturated rings. The fraction of sp³-hybridized carbons (Fsp3) is 0.500. The zero-order chi connectivity index (χ0) is 20.6. The minimum absolute atomic E-state index is 0.0109. The number of carbonyl (C=O) groups excluding carboxylic acids is 1. The molecule has 2 aromatic rings. The lowest BCUT2D eigenvalue weighted by Gasteiger charge is -2.33. The molecule has 2 heterocycles. The Morgan fingerprint density at radius 2 is 1.90 bits per heavy atom. The number of hydrogen-bond donors (Lipinski definition) is 1. The molecule has 29 heavy (non-hydrogen) atoms. The Morgan fingerprint density at radius 1 is 1.21 bits per heavy atom. The van der Waals surface area contributed by atoms with Crippen molar-refractivity contribution in [3.63, 3.8) is 0 Å². The Labute approximate surface area is 168 Å². The summed E-state index contributed by atoms with van der Waals surface area (Å²) < 4.78 is 33.7. The number of hydrogen-bond acceptors (Lipinski definition) is 6. The van der Waals surface area contributed by atoms with Crippen molar-refractivity contribution in [2.45, 2.75) is 26.5 Å². The minimum Gasteiger partial charge on any atom is -0.435 e. The molecule has 1 saturated heterocycles. The van der Waals surface area contributed by atoms with Gasteiger partial charge in [0, 0.05) is 45.3 Å². The van der Waals surface area contributed by atoms with Crippen LogP contribution in [0.5, 0.6) is 5.75 Å². The largest absolute Gasteiger partial charge is 0.435 e. The van der Waals surface area contributed by atoms with Gasteiger partial charge in [0.1, 0.15) is 11.5 Å². The molecular weight excluding hydrogens is 382 g/mol. The van der Waals surface area contributed by atoms with Gasteiger partial charge >= 0.3 is 6.61 Å². The number of amides is 1. The number of alkyl halides is 2. The van der Waals surface area contributed by atoms with E-state index in [1.165, 1.54) is 12.1 Å². The summed E-state index contributed by atoms with van der Waals surface area (Å²) in [6.45, 7) is 4.11. The lowest BCUT2D eigenvalue weighted by Crippen LogP contribution is -2.49. The number of piperazine rings is 1. The van der Waals surface area contributed by atoms with Gasteiger partial charge in [-0.1, -0.05) is 17.3 Å². The highest BCUT2D eigenvalue weighted by Crippen LogP contribution is 2.15. The molecule has 1 aliphatic rings. The number of nitrogens with zero attached hydrogens (tertiary/aromatic N) is 3. The molecule has 1 aromatic heterocycles. The van der Waals surface area contributed by atoms with Crippen LogP contribution in [0.2, 0.25) is 0 Å². The fourth-order valence-corrected chi connectivity index (χ4v) is 3.27. The SMILES string of the molecule is Cc1cc(CN2CCN(CC(=O)NCCc3ccc(OC(F)F)cc3)CC2)no1. The van der Waals surface area contributed by atoms with Crippen molar-refractivity contribution in [1.29, 1.82) is 0 Å². The average Bonchev–Trinajstić information content (AvgIpc) is 3.09. The van der Waals surface area contributed by atoms with Crippen molar-refractivity contribution in [3.05, 3.63) is 47.3 Å². The predicted molar refractivity (Wildman–Crippen MR) is 103 cm³/mol. The van der Waals surface area contributed by atoms with Crippen molar-refractivity contribution in [3.8, 4) is 5.75 Å². The molecule has 1 amide bonds. The lowest BCUT2D eigenvalue weighted by atomic mass is 10.1. The van der Waals surface area contributed by atoms with Crippen LogP contribution < -0.4 is 10.1 Å². The van der Waals surface area contributed by atoms with Crippen LogP contribution in [0.15, 0.2) is 34.9 Å². The molecule has 3 rings (SSSR count). The van der Waals surface area contributed by atoms with Gasteiger partial charge in [0.15, 0.2) is 0 Å². The van der Waals surface area contributed by atoms with Crippen molar-refractivity contribution in [1.82, 2.24) is 20.3 Å². The van der Waals surface area contributed by atoms with Gasteiger partial charge in [0.05, 0.1) is 12.2 Å². The average molecular weight is 408 g/mol. The van der Waals surface area contributed by atoms with Gasteiger partial charge in [-0.15, -0.1) is 0 Å². The Morgan fingerprint density at radius 3 is 2.52 bits per heavy atom. The maximum atomic E-state index is 12.2. The van der Waals surface area contributed by atoms with Gasteiger partial charge in [-0.25, -0.2) is 0 Å². The van der Waals surface area contributed by atoms with Crippen LogP contribution in [0.25, 0.3) is 0 Å². The molecule has 7 nitrogen and oxygen atoms in total. The zero-order valence-corrected chi connectivity index (χ0v) is 16.4. The number of aryl methyl sites for hydroxylation is 1. The van der Waals surface area contributed by atoms with Crippen LogP contribution in [0, 0.1) is 6.92 Å². The molecule has 0 aliphatic carbocycles. The minimum atomic E-state index is -2.83. The molecule has 1 N–H and O–H groups in total. The zero-order valence-electron chi connectivity index (χ0n) is 16.4. The number of nitrogens with one attached hydrogen (secondary N) is 1. The van der Waals surface area contributed by atoms with Crippen molar-refractivity contribution in [2.75, 3.05) is 39.3 Å². The molecule has 0 radical (unpaired) electrons. The summed E-state index contributed by atoms with van der Waals surface area (Å²) >= 11 is 0. The normalized spacial score (nSPS) is 15.6. The molecule has 1 aromatic carbocycles. The number of ether oxygens (including phenoxy) is 1. The van der Waals surface area contributed by atoms with Crippen molar-refractivity contribution >= 4 is 5.91 Å². The van der Waals surface area contributed by atoms with Gasteiger partial charge in [-0.2, -0.15) is 8.78 Å². The maximum Gasteiger partial charge on any atom is 0.387 e. The Bertz CT molecular complexity index is 774. The highest BCUT2D eigenvalue weighted by Gasteiger charge is 2.19. The van der Waals surface area contributed by atoms with E-state index in [9.17, 15) is 13.6 Å². The van der Waals surface area contributed by atoms with Crippen LogP contribution in [0.3, 0.4) is 0 Å². The van der Waals surface area contributed by atoms with E-state index in [4.69, 9.17) is 4.52 Å². The second-order valence-electron chi connectivity index (χ2n) is 7.10. The number of carbonyl (C=O) groups is 1. The number of halogens is 2. The molecule has 0 atom stereocenters. The van der Waals surface area contributed by atoms with Gasteiger partial charge in [-0.3, -0.25) is 14.6 Å². The van der Waals surface area contributed by atoms with Gasteiger partial charge < -0.3 is 14.6 Å². The van der Waals surface area contributed by atoms with E-state index < -0.39 is 6.61 Å². The second kappa shape index (κ2) is 10.3. The van der Waals surface area contributed by atoms with E-state index in [1.807, 2.05) is 13.0 Å². The number of rotatable bonds is 9. The molecule has 0 spiro atoms. The molecule has 0 saturated carbocycles. The Balaban J connectivity index is 1.31. The monoisotopic (exact) mass is 408 g/mol. The summed E-state index contributed by atoms with van der Waals surface area (Å²) in [6, 6.07) is 8.39. The van der Waals surface area contributed by atoms with Crippen LogP contribution in [0.4, 0.5) is 8.78 Å². The van der Waals surface area contributed by atoms with Crippen LogP contribution >= 0.6 is 0 Å². The summed E-state index contributed by atoms with van der Waals surface area (Å²) in [6.07, 6.45) is 0.631. The van der Waals surface area contributed by atoms with Crippen LogP contribution in [0.1, 0.15) is 17.0 Å². The number of benzene rings is 1. The van der Waals surface area contributed by atoms with Crippen molar-refractivity contribution < 1.29 is 22.8 Å².